The predicted octanol–water partition coefficient (Wildman–Crippen LogP) is 2.71. The number of rotatable bonds is 4. The molecule has 0 aliphatic rings. The second-order valence-corrected chi connectivity index (χ2v) is 4.97. The van der Waals surface area contributed by atoms with Crippen molar-refractivity contribution in [3.8, 4) is 0 Å². The minimum Gasteiger partial charge on any atom is -0.481 e. The highest BCUT2D eigenvalue weighted by atomic mass is 19.1. The predicted molar refractivity (Wildman–Crippen MR) is 65.8 cm³/mol. The maximum atomic E-state index is 13.6. The Morgan fingerprint density at radius 1 is 1.32 bits per heavy atom. The number of hydrogen-bond donors (Lipinski definition) is 2. The summed E-state index contributed by atoms with van der Waals surface area (Å²) in [5.41, 5.74) is -1.67. The van der Waals surface area contributed by atoms with Crippen molar-refractivity contribution in [1.29, 1.82) is 0 Å². The number of halogens is 2. The number of hydrogen-bond acceptors (Lipinski definition) is 2. The zero-order chi connectivity index (χ0) is 14.8. The molecule has 0 saturated carbocycles. The zero-order valence-corrected chi connectivity index (χ0v) is 10.9. The molecule has 0 unspecified atom stereocenters. The molecule has 0 fully saturated rings. The normalized spacial score (nSPS) is 11.2. The maximum absolute atomic E-state index is 13.6. The molecule has 1 amide bonds. The Hall–Kier alpha value is -1.98. The first-order valence-corrected chi connectivity index (χ1v) is 5.63. The van der Waals surface area contributed by atoms with Crippen LogP contribution in [-0.2, 0) is 9.59 Å². The summed E-state index contributed by atoms with van der Waals surface area (Å²) in [6.07, 6.45) is -0.380. The standard InChI is InChI=1S/C13H15F2NO3/c1-7-4-5-8(14)11(10(7)15)16-9(17)6-13(2,3)12(18)19/h4-5H,6H2,1-3H3,(H,16,17)(H,18,19). The van der Waals surface area contributed by atoms with E-state index in [1.807, 2.05) is 0 Å². The average Bonchev–Trinajstić information content (AvgIpc) is 2.29. The molecule has 2 N–H and O–H groups in total. The molecule has 4 nitrogen and oxygen atoms in total. The second-order valence-electron chi connectivity index (χ2n) is 4.97. The number of nitrogens with one attached hydrogen (secondary N) is 1. The summed E-state index contributed by atoms with van der Waals surface area (Å²) in [6.45, 7) is 4.15. The highest BCUT2D eigenvalue weighted by Gasteiger charge is 2.30. The van der Waals surface area contributed by atoms with Gasteiger partial charge in [0.05, 0.1) is 5.41 Å². The highest BCUT2D eigenvalue weighted by Crippen LogP contribution is 2.25. The summed E-state index contributed by atoms with van der Waals surface area (Å²) in [4.78, 5) is 22.5. The minimum atomic E-state index is -1.30. The van der Waals surface area contributed by atoms with E-state index in [0.717, 1.165) is 6.07 Å². The van der Waals surface area contributed by atoms with Gasteiger partial charge in [0.2, 0.25) is 5.91 Å². The Balaban J connectivity index is 2.90. The van der Waals surface area contributed by atoms with Gasteiger partial charge in [0.25, 0.3) is 0 Å². The molecule has 1 aromatic rings. The first-order chi connectivity index (χ1) is 8.65. The van der Waals surface area contributed by atoms with Gasteiger partial charge in [-0.25, -0.2) is 8.78 Å². The third-order valence-corrected chi connectivity index (χ3v) is 2.73. The molecule has 0 aliphatic heterocycles. The van der Waals surface area contributed by atoms with Crippen molar-refractivity contribution in [3.63, 3.8) is 0 Å². The van der Waals surface area contributed by atoms with Crippen LogP contribution in [0.1, 0.15) is 25.8 Å². The van der Waals surface area contributed by atoms with Gasteiger partial charge >= 0.3 is 5.97 Å². The Bertz CT molecular complexity index is 527. The number of benzene rings is 1. The Labute approximate surface area is 109 Å². The molecular formula is C13H15F2NO3. The molecule has 0 bridgehead atoms. The molecule has 0 saturated heterocycles. The molecule has 0 aromatic heterocycles. The van der Waals surface area contributed by atoms with Gasteiger partial charge in [0, 0.05) is 6.42 Å². The monoisotopic (exact) mass is 271 g/mol. The SMILES string of the molecule is Cc1ccc(F)c(NC(=O)CC(C)(C)C(=O)O)c1F. The second kappa shape index (κ2) is 5.34. The molecule has 0 heterocycles. The van der Waals surface area contributed by atoms with Gasteiger partial charge in [-0.3, -0.25) is 9.59 Å². The number of anilines is 1. The number of carbonyl (C=O) groups excluding carboxylic acids is 1. The molecule has 0 aliphatic carbocycles. The van der Waals surface area contributed by atoms with Crippen LogP contribution < -0.4 is 5.32 Å². The lowest BCUT2D eigenvalue weighted by Gasteiger charge is -2.18. The third kappa shape index (κ3) is 3.49. The first-order valence-electron chi connectivity index (χ1n) is 5.63. The van der Waals surface area contributed by atoms with Crippen LogP contribution in [-0.4, -0.2) is 17.0 Å². The lowest BCUT2D eigenvalue weighted by Crippen LogP contribution is -2.30. The zero-order valence-electron chi connectivity index (χ0n) is 10.9. The van der Waals surface area contributed by atoms with Gasteiger partial charge in [-0.2, -0.15) is 0 Å². The first kappa shape index (κ1) is 15.1. The quantitative estimate of drug-likeness (QED) is 0.884. The lowest BCUT2D eigenvalue weighted by atomic mass is 9.89. The molecular weight excluding hydrogens is 256 g/mol. The molecule has 1 aromatic carbocycles. The summed E-state index contributed by atoms with van der Waals surface area (Å²) in [7, 11) is 0. The summed E-state index contributed by atoms with van der Waals surface area (Å²) >= 11 is 0. The van der Waals surface area contributed by atoms with Crippen molar-refractivity contribution in [1.82, 2.24) is 0 Å². The van der Waals surface area contributed by atoms with Gasteiger partial charge < -0.3 is 10.4 Å². The topological polar surface area (TPSA) is 66.4 Å². The van der Waals surface area contributed by atoms with Gasteiger partial charge in [-0.15, -0.1) is 0 Å². The number of amides is 1. The van der Waals surface area contributed by atoms with Crippen LogP contribution in [0.2, 0.25) is 0 Å². The molecule has 1 rings (SSSR count). The van der Waals surface area contributed by atoms with E-state index in [9.17, 15) is 18.4 Å². The molecule has 104 valence electrons. The summed E-state index contributed by atoms with van der Waals surface area (Å²) in [5.74, 6) is -3.67. The number of aryl methyl sites for hydroxylation is 1. The van der Waals surface area contributed by atoms with Crippen LogP contribution in [0.4, 0.5) is 14.5 Å². The summed E-state index contributed by atoms with van der Waals surface area (Å²) in [5, 5.41) is 11.0. The van der Waals surface area contributed by atoms with Gasteiger partial charge in [0.1, 0.15) is 11.5 Å². The maximum Gasteiger partial charge on any atom is 0.309 e. The number of carboxylic acids is 1. The fourth-order valence-electron chi connectivity index (χ4n) is 1.43. The van der Waals surface area contributed by atoms with Crippen LogP contribution in [0.15, 0.2) is 12.1 Å². The van der Waals surface area contributed by atoms with Crippen LogP contribution >= 0.6 is 0 Å². The minimum absolute atomic E-state index is 0.189. The van der Waals surface area contributed by atoms with Gasteiger partial charge in [-0.1, -0.05) is 6.07 Å². The molecule has 6 heteroatoms. The number of aliphatic carboxylic acids is 1. The van der Waals surface area contributed by atoms with Crippen LogP contribution in [0.25, 0.3) is 0 Å². The van der Waals surface area contributed by atoms with Crippen LogP contribution in [0.5, 0.6) is 0 Å². The lowest BCUT2D eigenvalue weighted by molar-refractivity contribution is -0.148. The van der Waals surface area contributed by atoms with E-state index in [4.69, 9.17) is 5.11 Å². The molecule has 0 radical (unpaired) electrons. The third-order valence-electron chi connectivity index (χ3n) is 2.73. The Morgan fingerprint density at radius 2 is 1.89 bits per heavy atom. The van der Waals surface area contributed by atoms with Crippen LogP contribution in [0, 0.1) is 24.0 Å². The number of carbonyl (C=O) groups is 2. The average molecular weight is 271 g/mol. The van der Waals surface area contributed by atoms with Crippen molar-refractivity contribution >= 4 is 17.6 Å². The van der Waals surface area contributed by atoms with E-state index in [2.05, 4.69) is 5.32 Å². The van der Waals surface area contributed by atoms with E-state index >= 15 is 0 Å². The summed E-state index contributed by atoms with van der Waals surface area (Å²) < 4.78 is 27.1. The fraction of sp³-hybridized carbons (Fsp3) is 0.385. The largest absolute Gasteiger partial charge is 0.481 e. The Kier molecular flexibility index (Phi) is 4.24. The van der Waals surface area contributed by atoms with Gasteiger partial charge in [0.15, 0.2) is 5.82 Å². The van der Waals surface area contributed by atoms with E-state index in [1.54, 1.807) is 0 Å². The smallest absolute Gasteiger partial charge is 0.309 e. The Morgan fingerprint density at radius 3 is 2.42 bits per heavy atom. The molecule has 19 heavy (non-hydrogen) atoms. The van der Waals surface area contributed by atoms with Crippen molar-refractivity contribution in [3.05, 3.63) is 29.3 Å². The highest BCUT2D eigenvalue weighted by molar-refractivity contribution is 5.94. The van der Waals surface area contributed by atoms with Crippen LogP contribution in [0.3, 0.4) is 0 Å². The molecule has 0 atom stereocenters. The number of carboxylic acid groups (broad SMARTS) is 1. The molecule has 0 spiro atoms. The summed E-state index contributed by atoms with van der Waals surface area (Å²) in [6, 6.07) is 2.29. The van der Waals surface area contributed by atoms with Crippen molar-refractivity contribution in [2.24, 2.45) is 5.41 Å². The van der Waals surface area contributed by atoms with Crippen molar-refractivity contribution in [2.75, 3.05) is 5.32 Å². The van der Waals surface area contributed by atoms with E-state index in [1.165, 1.54) is 26.8 Å². The fourth-order valence-corrected chi connectivity index (χ4v) is 1.43. The van der Waals surface area contributed by atoms with E-state index in [0.29, 0.717) is 0 Å². The van der Waals surface area contributed by atoms with Crippen molar-refractivity contribution < 1.29 is 23.5 Å². The van der Waals surface area contributed by atoms with E-state index in [-0.39, 0.29) is 12.0 Å². The van der Waals surface area contributed by atoms with Gasteiger partial charge in [-0.05, 0) is 32.4 Å². The van der Waals surface area contributed by atoms with E-state index < -0.39 is 34.6 Å². The van der Waals surface area contributed by atoms with Crippen molar-refractivity contribution in [2.45, 2.75) is 27.2 Å².